The molecule has 2 aromatic rings. The van der Waals surface area contributed by atoms with E-state index < -0.39 is 0 Å². The smallest absolute Gasteiger partial charge is 0.243 e. The van der Waals surface area contributed by atoms with Gasteiger partial charge in [0.15, 0.2) is 0 Å². The standard InChI is InChI=1S/C19H24N4O2/c1-12-10-13(12)19(25)23-9-5-4-8-16(23)18(24)20-11-17-21-14-6-2-3-7-15(14)22-17/h2-3,6-7,12-13,16H,4-5,8-11H2,1H3,(H,20,24)(H,21,22)/t12-,13-,16-/m1/s1. The van der Waals surface area contributed by atoms with Gasteiger partial charge in [-0.2, -0.15) is 0 Å². The minimum Gasteiger partial charge on any atom is -0.347 e. The van der Waals surface area contributed by atoms with E-state index >= 15 is 0 Å². The third-order valence-electron chi connectivity index (χ3n) is 5.38. The van der Waals surface area contributed by atoms with Crippen molar-refractivity contribution in [3.63, 3.8) is 0 Å². The first kappa shape index (κ1) is 16.1. The topological polar surface area (TPSA) is 78.1 Å². The number of H-pyrrole nitrogens is 1. The number of benzene rings is 1. The van der Waals surface area contributed by atoms with Crippen LogP contribution in [0.15, 0.2) is 24.3 Å². The summed E-state index contributed by atoms with van der Waals surface area (Å²) >= 11 is 0. The lowest BCUT2D eigenvalue weighted by Crippen LogP contribution is -2.52. The number of amides is 2. The average Bonchev–Trinajstić information content (AvgIpc) is 3.22. The highest BCUT2D eigenvalue weighted by molar-refractivity contribution is 5.89. The van der Waals surface area contributed by atoms with Gasteiger partial charge in [0, 0.05) is 12.5 Å². The summed E-state index contributed by atoms with van der Waals surface area (Å²) in [4.78, 5) is 34.8. The first-order valence-corrected chi connectivity index (χ1v) is 9.15. The fraction of sp³-hybridized carbons (Fsp3) is 0.526. The molecule has 2 amide bonds. The van der Waals surface area contributed by atoms with E-state index in [1.807, 2.05) is 29.2 Å². The van der Waals surface area contributed by atoms with Crippen LogP contribution < -0.4 is 5.32 Å². The molecule has 2 heterocycles. The summed E-state index contributed by atoms with van der Waals surface area (Å²) in [6.45, 7) is 3.15. The molecule has 2 N–H and O–H groups in total. The number of carbonyl (C=O) groups excluding carboxylic acids is 2. The molecule has 0 spiro atoms. The molecule has 6 heteroatoms. The maximum Gasteiger partial charge on any atom is 0.243 e. The van der Waals surface area contributed by atoms with Gasteiger partial charge in [-0.15, -0.1) is 0 Å². The number of rotatable bonds is 4. The van der Waals surface area contributed by atoms with Crippen molar-refractivity contribution >= 4 is 22.8 Å². The Hall–Kier alpha value is -2.37. The highest BCUT2D eigenvalue weighted by Gasteiger charge is 2.44. The third kappa shape index (κ3) is 3.25. The molecule has 132 valence electrons. The zero-order valence-electron chi connectivity index (χ0n) is 14.5. The molecule has 1 aliphatic heterocycles. The van der Waals surface area contributed by atoms with Crippen LogP contribution in [0.4, 0.5) is 0 Å². The van der Waals surface area contributed by atoms with Crippen LogP contribution in [0.25, 0.3) is 11.0 Å². The minimum absolute atomic E-state index is 0.0678. The fourth-order valence-electron chi connectivity index (χ4n) is 3.73. The number of aromatic amines is 1. The summed E-state index contributed by atoms with van der Waals surface area (Å²) < 4.78 is 0. The van der Waals surface area contributed by atoms with E-state index in [0.29, 0.717) is 19.0 Å². The van der Waals surface area contributed by atoms with Crippen molar-refractivity contribution in [3.8, 4) is 0 Å². The molecule has 2 aliphatic rings. The van der Waals surface area contributed by atoms with Gasteiger partial charge in [-0.05, 0) is 43.7 Å². The summed E-state index contributed by atoms with van der Waals surface area (Å²) in [6.07, 6.45) is 3.69. The first-order valence-electron chi connectivity index (χ1n) is 9.15. The highest BCUT2D eigenvalue weighted by Crippen LogP contribution is 2.40. The van der Waals surface area contributed by atoms with E-state index in [4.69, 9.17) is 0 Å². The maximum absolute atomic E-state index is 12.7. The summed E-state index contributed by atoms with van der Waals surface area (Å²) in [5.41, 5.74) is 1.85. The maximum atomic E-state index is 12.7. The number of carbonyl (C=O) groups is 2. The van der Waals surface area contributed by atoms with Crippen molar-refractivity contribution < 1.29 is 9.59 Å². The lowest BCUT2D eigenvalue weighted by atomic mass is 10.0. The Kier molecular flexibility index (Phi) is 4.19. The molecule has 3 atom stereocenters. The fourth-order valence-corrected chi connectivity index (χ4v) is 3.73. The number of likely N-dealkylation sites (tertiary alicyclic amines) is 1. The highest BCUT2D eigenvalue weighted by atomic mass is 16.2. The summed E-state index contributed by atoms with van der Waals surface area (Å²) in [5.74, 6) is 1.43. The Morgan fingerprint density at radius 3 is 2.88 bits per heavy atom. The lowest BCUT2D eigenvalue weighted by Gasteiger charge is -2.35. The largest absolute Gasteiger partial charge is 0.347 e. The van der Waals surface area contributed by atoms with Crippen LogP contribution in [0.1, 0.15) is 38.4 Å². The number of nitrogens with one attached hydrogen (secondary N) is 2. The number of imidazole rings is 1. The van der Waals surface area contributed by atoms with Crippen LogP contribution in [-0.2, 0) is 16.1 Å². The first-order chi connectivity index (χ1) is 12.1. The van der Waals surface area contributed by atoms with Gasteiger partial charge in [-0.25, -0.2) is 4.98 Å². The van der Waals surface area contributed by atoms with Gasteiger partial charge in [-0.1, -0.05) is 19.1 Å². The van der Waals surface area contributed by atoms with E-state index in [9.17, 15) is 9.59 Å². The minimum atomic E-state index is -0.335. The predicted molar refractivity (Wildman–Crippen MR) is 94.6 cm³/mol. The Bertz CT molecular complexity index is 767. The van der Waals surface area contributed by atoms with E-state index in [0.717, 1.165) is 42.5 Å². The van der Waals surface area contributed by atoms with Crippen molar-refractivity contribution in [3.05, 3.63) is 30.1 Å². The molecule has 1 aliphatic carbocycles. The summed E-state index contributed by atoms with van der Waals surface area (Å²) in [6, 6.07) is 7.46. The van der Waals surface area contributed by atoms with E-state index in [1.54, 1.807) is 0 Å². The van der Waals surface area contributed by atoms with Crippen molar-refractivity contribution in [1.82, 2.24) is 20.2 Å². The number of piperidine rings is 1. The molecule has 2 fully saturated rings. The van der Waals surface area contributed by atoms with Gasteiger partial charge >= 0.3 is 0 Å². The molecular formula is C19H24N4O2. The van der Waals surface area contributed by atoms with Crippen molar-refractivity contribution in [2.45, 2.75) is 45.2 Å². The van der Waals surface area contributed by atoms with E-state index in [2.05, 4.69) is 22.2 Å². The molecule has 1 saturated carbocycles. The number of para-hydroxylation sites is 2. The number of hydrogen-bond donors (Lipinski definition) is 2. The molecule has 25 heavy (non-hydrogen) atoms. The Labute approximate surface area is 147 Å². The summed E-state index contributed by atoms with van der Waals surface area (Å²) in [7, 11) is 0. The quantitative estimate of drug-likeness (QED) is 0.896. The number of hydrogen-bond acceptors (Lipinski definition) is 3. The number of fused-ring (bicyclic) bond motifs is 1. The van der Waals surface area contributed by atoms with Gasteiger partial charge in [0.1, 0.15) is 11.9 Å². The van der Waals surface area contributed by atoms with Crippen molar-refractivity contribution in [2.75, 3.05) is 6.54 Å². The Balaban J connectivity index is 1.40. The molecule has 1 aromatic carbocycles. The molecule has 1 saturated heterocycles. The zero-order chi connectivity index (χ0) is 17.4. The van der Waals surface area contributed by atoms with Gasteiger partial charge in [0.2, 0.25) is 11.8 Å². The molecule has 6 nitrogen and oxygen atoms in total. The van der Waals surface area contributed by atoms with Crippen molar-refractivity contribution in [2.24, 2.45) is 11.8 Å². The van der Waals surface area contributed by atoms with Crippen LogP contribution in [0, 0.1) is 11.8 Å². The van der Waals surface area contributed by atoms with Crippen molar-refractivity contribution in [1.29, 1.82) is 0 Å². The van der Waals surface area contributed by atoms with Crippen LogP contribution in [0.2, 0.25) is 0 Å². The van der Waals surface area contributed by atoms with E-state index in [1.165, 1.54) is 0 Å². The van der Waals surface area contributed by atoms with Gasteiger partial charge in [0.05, 0.1) is 17.6 Å². The van der Waals surface area contributed by atoms with Gasteiger partial charge < -0.3 is 15.2 Å². The van der Waals surface area contributed by atoms with Crippen LogP contribution in [0.5, 0.6) is 0 Å². The molecule has 0 bridgehead atoms. The molecular weight excluding hydrogens is 316 g/mol. The Morgan fingerprint density at radius 1 is 1.32 bits per heavy atom. The molecule has 0 radical (unpaired) electrons. The van der Waals surface area contributed by atoms with Gasteiger partial charge in [0.25, 0.3) is 0 Å². The monoisotopic (exact) mass is 340 g/mol. The second kappa shape index (κ2) is 6.50. The number of nitrogens with zero attached hydrogens (tertiary/aromatic N) is 2. The second-order valence-corrected chi connectivity index (χ2v) is 7.28. The molecule has 4 rings (SSSR count). The summed E-state index contributed by atoms with van der Waals surface area (Å²) in [5, 5.41) is 2.96. The average molecular weight is 340 g/mol. The lowest BCUT2D eigenvalue weighted by molar-refractivity contribution is -0.143. The third-order valence-corrected chi connectivity index (χ3v) is 5.38. The molecule has 1 aromatic heterocycles. The normalized spacial score (nSPS) is 25.8. The van der Waals surface area contributed by atoms with Crippen LogP contribution in [0.3, 0.4) is 0 Å². The van der Waals surface area contributed by atoms with E-state index in [-0.39, 0.29) is 23.8 Å². The predicted octanol–water partition coefficient (Wildman–Crippen LogP) is 2.22. The van der Waals surface area contributed by atoms with Crippen LogP contribution in [-0.4, -0.2) is 39.3 Å². The SMILES string of the molecule is C[C@@H]1C[C@H]1C(=O)N1CCCC[C@@H]1C(=O)NCc1nc2ccccc2[nH]1. The van der Waals surface area contributed by atoms with Crippen LogP contribution >= 0.6 is 0 Å². The van der Waals surface area contributed by atoms with Gasteiger partial charge in [-0.3, -0.25) is 9.59 Å². The second-order valence-electron chi connectivity index (χ2n) is 7.28. The number of aromatic nitrogens is 2. The Morgan fingerprint density at radius 2 is 2.12 bits per heavy atom. The molecule has 0 unspecified atom stereocenters. The zero-order valence-corrected chi connectivity index (χ0v) is 14.5.